The van der Waals surface area contributed by atoms with Gasteiger partial charge in [-0.05, 0) is 18.6 Å². The number of amides is 4. The number of carbonyl (C=O) groups excluding carboxylic acids is 3. The zero-order valence-corrected chi connectivity index (χ0v) is 12.8. The van der Waals surface area contributed by atoms with E-state index < -0.39 is 23.4 Å². The SMILES string of the molecule is CNC(=O)CN1C(=O)N[C@](C)(Cc2ccccc2OC)C1=O. The summed E-state index contributed by atoms with van der Waals surface area (Å²) in [5.41, 5.74) is -0.289. The van der Waals surface area contributed by atoms with Gasteiger partial charge in [-0.15, -0.1) is 0 Å². The number of carbonyl (C=O) groups is 3. The molecule has 0 spiro atoms. The van der Waals surface area contributed by atoms with Crippen molar-refractivity contribution in [3.8, 4) is 5.75 Å². The molecule has 0 radical (unpaired) electrons. The Kier molecular flexibility index (Phi) is 4.35. The van der Waals surface area contributed by atoms with E-state index in [0.29, 0.717) is 5.75 Å². The molecule has 7 nitrogen and oxygen atoms in total. The summed E-state index contributed by atoms with van der Waals surface area (Å²) < 4.78 is 5.27. The van der Waals surface area contributed by atoms with Crippen molar-refractivity contribution >= 4 is 17.8 Å². The third-order valence-corrected chi connectivity index (χ3v) is 3.66. The quantitative estimate of drug-likeness (QED) is 0.766. The summed E-state index contributed by atoms with van der Waals surface area (Å²) in [5.74, 6) is -0.174. The van der Waals surface area contributed by atoms with Gasteiger partial charge in [-0.25, -0.2) is 4.79 Å². The molecule has 22 heavy (non-hydrogen) atoms. The van der Waals surface area contributed by atoms with Crippen molar-refractivity contribution in [3.63, 3.8) is 0 Å². The molecule has 0 bridgehead atoms. The van der Waals surface area contributed by atoms with E-state index in [2.05, 4.69) is 10.6 Å². The zero-order valence-electron chi connectivity index (χ0n) is 12.8. The Morgan fingerprint density at radius 1 is 1.36 bits per heavy atom. The van der Waals surface area contributed by atoms with Gasteiger partial charge < -0.3 is 15.4 Å². The maximum absolute atomic E-state index is 12.5. The van der Waals surface area contributed by atoms with Crippen molar-refractivity contribution in [1.29, 1.82) is 0 Å². The average Bonchev–Trinajstić information content (AvgIpc) is 2.71. The summed E-state index contributed by atoms with van der Waals surface area (Å²) in [6, 6.07) is 6.74. The topological polar surface area (TPSA) is 87.7 Å². The molecule has 0 aromatic heterocycles. The van der Waals surface area contributed by atoms with Gasteiger partial charge in [-0.2, -0.15) is 0 Å². The molecular weight excluding hydrogens is 286 g/mol. The van der Waals surface area contributed by atoms with Crippen molar-refractivity contribution in [2.24, 2.45) is 0 Å². The molecule has 1 saturated heterocycles. The Bertz CT molecular complexity index is 617. The number of hydrogen-bond donors (Lipinski definition) is 2. The number of urea groups is 1. The van der Waals surface area contributed by atoms with Crippen molar-refractivity contribution in [3.05, 3.63) is 29.8 Å². The number of para-hydroxylation sites is 1. The number of methoxy groups -OCH3 is 1. The normalized spacial score (nSPS) is 20.8. The molecule has 2 rings (SSSR count). The minimum atomic E-state index is -1.10. The lowest BCUT2D eigenvalue weighted by Crippen LogP contribution is -2.46. The first kappa shape index (κ1) is 15.8. The van der Waals surface area contributed by atoms with E-state index in [1.807, 2.05) is 18.2 Å². The highest BCUT2D eigenvalue weighted by atomic mass is 16.5. The van der Waals surface area contributed by atoms with Crippen LogP contribution >= 0.6 is 0 Å². The lowest BCUT2D eigenvalue weighted by atomic mass is 9.92. The number of nitrogens with one attached hydrogen (secondary N) is 2. The molecule has 0 unspecified atom stereocenters. The van der Waals surface area contributed by atoms with Gasteiger partial charge in [0.05, 0.1) is 7.11 Å². The standard InChI is InChI=1S/C15H19N3O4/c1-15(8-10-6-4-5-7-11(10)22-3)13(20)18(14(21)17-15)9-12(19)16-2/h4-7H,8-9H2,1-3H3,(H,16,19)(H,17,21)/t15-/m1/s1. The van der Waals surface area contributed by atoms with Crippen LogP contribution in [0.4, 0.5) is 4.79 Å². The third-order valence-electron chi connectivity index (χ3n) is 3.66. The van der Waals surface area contributed by atoms with E-state index >= 15 is 0 Å². The molecule has 2 N–H and O–H groups in total. The highest BCUT2D eigenvalue weighted by Gasteiger charge is 2.48. The van der Waals surface area contributed by atoms with Crippen LogP contribution in [0.3, 0.4) is 0 Å². The minimum Gasteiger partial charge on any atom is -0.496 e. The Labute approximate surface area is 128 Å². The monoisotopic (exact) mass is 305 g/mol. The van der Waals surface area contributed by atoms with Gasteiger partial charge in [0.15, 0.2) is 0 Å². The number of imide groups is 1. The number of benzene rings is 1. The molecule has 7 heteroatoms. The van der Waals surface area contributed by atoms with Gasteiger partial charge in [0.2, 0.25) is 5.91 Å². The maximum Gasteiger partial charge on any atom is 0.325 e. The lowest BCUT2D eigenvalue weighted by molar-refractivity contribution is -0.134. The molecule has 1 aromatic rings. The van der Waals surface area contributed by atoms with E-state index in [0.717, 1.165) is 10.5 Å². The van der Waals surface area contributed by atoms with Crippen LogP contribution in [0.15, 0.2) is 24.3 Å². The summed E-state index contributed by atoms with van der Waals surface area (Å²) in [7, 11) is 3.00. The molecule has 1 aromatic carbocycles. The number of nitrogens with zero attached hydrogens (tertiary/aromatic N) is 1. The summed E-state index contributed by atoms with van der Waals surface area (Å²) in [4.78, 5) is 36.8. The van der Waals surface area contributed by atoms with Crippen molar-refractivity contribution < 1.29 is 19.1 Å². The molecule has 1 aliphatic heterocycles. The van der Waals surface area contributed by atoms with Crippen LogP contribution in [0.1, 0.15) is 12.5 Å². The molecule has 1 atom stereocenters. The highest BCUT2D eigenvalue weighted by Crippen LogP contribution is 2.27. The van der Waals surface area contributed by atoms with E-state index in [1.165, 1.54) is 7.05 Å². The van der Waals surface area contributed by atoms with Crippen molar-refractivity contribution in [1.82, 2.24) is 15.5 Å². The summed E-state index contributed by atoms with van der Waals surface area (Å²) in [6.07, 6.45) is 0.284. The summed E-state index contributed by atoms with van der Waals surface area (Å²) in [6.45, 7) is 1.35. The first-order valence-electron chi connectivity index (χ1n) is 6.88. The number of ether oxygens (including phenoxy) is 1. The van der Waals surface area contributed by atoms with Gasteiger partial charge in [0.1, 0.15) is 17.8 Å². The van der Waals surface area contributed by atoms with E-state index in [9.17, 15) is 14.4 Å². The molecule has 4 amide bonds. The molecule has 1 fully saturated rings. The van der Waals surface area contributed by atoms with Crippen molar-refractivity contribution in [2.45, 2.75) is 18.9 Å². The summed E-state index contributed by atoms with van der Waals surface area (Å²) in [5, 5.41) is 5.06. The number of likely N-dealkylation sites (N-methyl/N-ethyl adjacent to an activating group) is 1. The minimum absolute atomic E-state index is 0.284. The van der Waals surface area contributed by atoms with Gasteiger partial charge >= 0.3 is 6.03 Å². The highest BCUT2D eigenvalue weighted by molar-refractivity contribution is 6.08. The maximum atomic E-state index is 12.5. The smallest absolute Gasteiger partial charge is 0.325 e. The Hall–Kier alpha value is -2.57. The van der Waals surface area contributed by atoms with Crippen LogP contribution in [0.25, 0.3) is 0 Å². The van der Waals surface area contributed by atoms with Crippen LogP contribution in [0.5, 0.6) is 5.75 Å². The lowest BCUT2D eigenvalue weighted by Gasteiger charge is -2.22. The first-order valence-corrected chi connectivity index (χ1v) is 6.88. The fourth-order valence-corrected chi connectivity index (χ4v) is 2.46. The first-order chi connectivity index (χ1) is 10.4. The number of hydrogen-bond acceptors (Lipinski definition) is 4. The average molecular weight is 305 g/mol. The Morgan fingerprint density at radius 3 is 2.68 bits per heavy atom. The van der Waals surface area contributed by atoms with Crippen LogP contribution in [-0.4, -0.2) is 49.0 Å². The fraction of sp³-hybridized carbons (Fsp3) is 0.400. The second-order valence-electron chi connectivity index (χ2n) is 5.32. The predicted octanol–water partition coefficient (Wildman–Crippen LogP) is 0.294. The van der Waals surface area contributed by atoms with Crippen LogP contribution in [0.2, 0.25) is 0 Å². The Balaban J connectivity index is 2.22. The molecule has 0 saturated carbocycles. The van der Waals surface area contributed by atoms with Gasteiger partial charge in [-0.1, -0.05) is 18.2 Å². The van der Waals surface area contributed by atoms with Crippen LogP contribution in [-0.2, 0) is 16.0 Å². The molecule has 118 valence electrons. The molecule has 0 aliphatic carbocycles. The molecule has 1 aliphatic rings. The van der Waals surface area contributed by atoms with Gasteiger partial charge in [0, 0.05) is 13.5 Å². The van der Waals surface area contributed by atoms with Gasteiger partial charge in [-0.3, -0.25) is 14.5 Å². The fourth-order valence-electron chi connectivity index (χ4n) is 2.46. The zero-order chi connectivity index (χ0) is 16.3. The van der Waals surface area contributed by atoms with Crippen molar-refractivity contribution in [2.75, 3.05) is 20.7 Å². The van der Waals surface area contributed by atoms with Crippen LogP contribution < -0.4 is 15.4 Å². The van der Waals surface area contributed by atoms with E-state index in [1.54, 1.807) is 20.1 Å². The molecule has 1 heterocycles. The molecular formula is C15H19N3O4. The third kappa shape index (κ3) is 2.88. The predicted molar refractivity (Wildman–Crippen MR) is 79.4 cm³/mol. The van der Waals surface area contributed by atoms with E-state index in [4.69, 9.17) is 4.74 Å². The summed E-state index contributed by atoms with van der Waals surface area (Å²) >= 11 is 0. The van der Waals surface area contributed by atoms with Crippen LogP contribution in [0, 0.1) is 0 Å². The second-order valence-corrected chi connectivity index (χ2v) is 5.32. The van der Waals surface area contributed by atoms with Gasteiger partial charge in [0.25, 0.3) is 5.91 Å². The Morgan fingerprint density at radius 2 is 2.05 bits per heavy atom. The second kappa shape index (κ2) is 6.05. The largest absolute Gasteiger partial charge is 0.496 e. The van der Waals surface area contributed by atoms with E-state index in [-0.39, 0.29) is 13.0 Å². The number of rotatable bonds is 5.